The quantitative estimate of drug-likeness (QED) is 0.327. The Labute approximate surface area is 239 Å². The Morgan fingerprint density at radius 3 is 2.62 bits per heavy atom. The summed E-state index contributed by atoms with van der Waals surface area (Å²) >= 11 is 6.22. The van der Waals surface area contributed by atoms with Crippen LogP contribution < -0.4 is 16.4 Å². The number of aromatic nitrogens is 3. The lowest BCUT2D eigenvalue weighted by Gasteiger charge is -2.30. The molecule has 2 aromatic carbocycles. The minimum absolute atomic E-state index is 0.0591. The van der Waals surface area contributed by atoms with Crippen molar-refractivity contribution in [2.45, 2.75) is 64.2 Å². The predicted octanol–water partition coefficient (Wildman–Crippen LogP) is 3.15. The van der Waals surface area contributed by atoms with Crippen LogP contribution in [0.5, 0.6) is 0 Å². The maximum atomic E-state index is 13.7. The van der Waals surface area contributed by atoms with E-state index in [1.165, 1.54) is 6.33 Å². The number of rotatable bonds is 11. The first kappa shape index (κ1) is 29.2. The number of halogens is 1. The minimum atomic E-state index is -0.740. The summed E-state index contributed by atoms with van der Waals surface area (Å²) < 4.78 is 1.60. The molecule has 0 aliphatic carbocycles. The van der Waals surface area contributed by atoms with Gasteiger partial charge in [0.2, 0.25) is 17.7 Å². The van der Waals surface area contributed by atoms with Crippen molar-refractivity contribution in [2.24, 2.45) is 11.7 Å². The van der Waals surface area contributed by atoms with E-state index in [4.69, 9.17) is 17.3 Å². The molecule has 0 bridgehead atoms. The Morgan fingerprint density at radius 2 is 1.93 bits per heavy atom. The highest BCUT2D eigenvalue weighted by atomic mass is 35.5. The lowest BCUT2D eigenvalue weighted by molar-refractivity contribution is -0.141. The molecule has 1 fully saturated rings. The van der Waals surface area contributed by atoms with Crippen molar-refractivity contribution in [2.75, 3.05) is 6.54 Å². The van der Waals surface area contributed by atoms with E-state index < -0.39 is 18.1 Å². The summed E-state index contributed by atoms with van der Waals surface area (Å²) in [5.74, 6) is -0.641. The second-order valence-electron chi connectivity index (χ2n) is 10.5. The number of amides is 3. The number of carbonyl (C=O) groups excluding carboxylic acids is 3. The van der Waals surface area contributed by atoms with Crippen LogP contribution in [-0.4, -0.2) is 56.0 Å². The molecule has 3 aromatic rings. The summed E-state index contributed by atoms with van der Waals surface area (Å²) in [6, 6.07) is 12.9. The fraction of sp³-hybridized carbons (Fsp3) is 0.414. The maximum Gasteiger partial charge on any atom is 0.245 e. The van der Waals surface area contributed by atoms with Gasteiger partial charge in [-0.15, -0.1) is 0 Å². The van der Waals surface area contributed by atoms with E-state index in [0.29, 0.717) is 30.8 Å². The Kier molecular flexibility index (Phi) is 9.89. The van der Waals surface area contributed by atoms with Crippen LogP contribution in [0.1, 0.15) is 56.7 Å². The minimum Gasteiger partial charge on any atom is -0.350 e. The lowest BCUT2D eigenvalue weighted by atomic mass is 10.0. The third-order valence-electron chi connectivity index (χ3n) is 6.97. The van der Waals surface area contributed by atoms with Crippen LogP contribution in [-0.2, 0) is 20.9 Å². The second kappa shape index (κ2) is 13.5. The first-order chi connectivity index (χ1) is 19.2. The van der Waals surface area contributed by atoms with E-state index in [1.807, 2.05) is 50.2 Å². The largest absolute Gasteiger partial charge is 0.350 e. The monoisotopic (exact) mass is 565 g/mol. The van der Waals surface area contributed by atoms with E-state index in [0.717, 1.165) is 16.8 Å². The highest BCUT2D eigenvalue weighted by Crippen LogP contribution is 2.23. The van der Waals surface area contributed by atoms with Gasteiger partial charge < -0.3 is 21.3 Å². The molecular weight excluding hydrogens is 530 g/mol. The number of nitrogens with zero attached hydrogens (tertiary/aromatic N) is 4. The molecule has 1 unspecified atom stereocenters. The van der Waals surface area contributed by atoms with Gasteiger partial charge in [-0.25, -0.2) is 9.67 Å². The van der Waals surface area contributed by atoms with Crippen molar-refractivity contribution >= 4 is 29.3 Å². The summed E-state index contributed by atoms with van der Waals surface area (Å²) in [5, 5.41) is 10.6. The molecule has 1 aromatic heterocycles. The molecule has 40 heavy (non-hydrogen) atoms. The van der Waals surface area contributed by atoms with Gasteiger partial charge in [-0.1, -0.05) is 55.8 Å². The Hall–Kier alpha value is -3.76. The van der Waals surface area contributed by atoms with Crippen LogP contribution in [0.3, 0.4) is 0 Å². The van der Waals surface area contributed by atoms with Crippen LogP contribution in [0.4, 0.5) is 0 Å². The van der Waals surface area contributed by atoms with Gasteiger partial charge in [0.1, 0.15) is 24.7 Å². The fourth-order valence-electron chi connectivity index (χ4n) is 5.02. The molecular formula is C29H36ClN7O3. The molecule has 1 saturated heterocycles. The fourth-order valence-corrected chi connectivity index (χ4v) is 5.21. The van der Waals surface area contributed by atoms with Gasteiger partial charge in [0.15, 0.2) is 0 Å². The molecule has 1 aliphatic heterocycles. The number of carbonyl (C=O) groups is 3. The average molecular weight is 566 g/mol. The van der Waals surface area contributed by atoms with Gasteiger partial charge in [-0.3, -0.25) is 14.4 Å². The van der Waals surface area contributed by atoms with Crippen LogP contribution >= 0.6 is 11.6 Å². The maximum absolute atomic E-state index is 13.7. The van der Waals surface area contributed by atoms with Gasteiger partial charge in [0.25, 0.3) is 0 Å². The Bertz CT molecular complexity index is 1300. The summed E-state index contributed by atoms with van der Waals surface area (Å²) in [7, 11) is 0. The SMILES string of the molecule is CC(C)C[C@H](NC(=O)CC(N)c1ccccc1)C(=O)N1CCC[C@H]1C(=O)NCc1cc(Cl)ccc1-n1cncn1. The van der Waals surface area contributed by atoms with Crippen LogP contribution in [0.2, 0.25) is 5.02 Å². The van der Waals surface area contributed by atoms with Crippen molar-refractivity contribution < 1.29 is 14.4 Å². The summed E-state index contributed by atoms with van der Waals surface area (Å²) in [6.45, 7) is 4.64. The van der Waals surface area contributed by atoms with Crippen LogP contribution in [0.15, 0.2) is 61.2 Å². The smallest absolute Gasteiger partial charge is 0.245 e. The zero-order valence-corrected chi connectivity index (χ0v) is 23.6. The third kappa shape index (κ3) is 7.45. The highest BCUT2D eigenvalue weighted by molar-refractivity contribution is 6.30. The van der Waals surface area contributed by atoms with Gasteiger partial charge in [0.05, 0.1) is 5.69 Å². The number of benzene rings is 2. The molecule has 212 valence electrons. The van der Waals surface area contributed by atoms with E-state index >= 15 is 0 Å². The predicted molar refractivity (Wildman–Crippen MR) is 152 cm³/mol. The van der Waals surface area contributed by atoms with Crippen molar-refractivity contribution in [3.63, 3.8) is 0 Å². The molecule has 0 spiro atoms. The molecule has 10 nitrogen and oxygen atoms in total. The summed E-state index contributed by atoms with van der Waals surface area (Å²) in [6.07, 6.45) is 4.77. The molecule has 4 rings (SSSR count). The second-order valence-corrected chi connectivity index (χ2v) is 10.9. The van der Waals surface area contributed by atoms with Crippen molar-refractivity contribution in [1.82, 2.24) is 30.3 Å². The van der Waals surface area contributed by atoms with Crippen LogP contribution in [0.25, 0.3) is 5.69 Å². The van der Waals surface area contributed by atoms with Crippen LogP contribution in [0, 0.1) is 5.92 Å². The lowest BCUT2D eigenvalue weighted by Crippen LogP contribution is -2.54. The van der Waals surface area contributed by atoms with Gasteiger partial charge >= 0.3 is 0 Å². The topological polar surface area (TPSA) is 135 Å². The first-order valence-electron chi connectivity index (χ1n) is 13.5. The molecule has 1 aliphatic rings. The molecule has 0 radical (unpaired) electrons. The zero-order valence-electron chi connectivity index (χ0n) is 22.8. The molecule has 11 heteroatoms. The van der Waals surface area contributed by atoms with Crippen molar-refractivity contribution in [3.05, 3.63) is 77.3 Å². The molecule has 4 N–H and O–H groups in total. The number of nitrogens with one attached hydrogen (secondary N) is 2. The molecule has 3 amide bonds. The Balaban J connectivity index is 1.41. The standard InChI is InChI=1S/C29H36ClN7O3/c1-19(2)13-24(35-27(38)15-23(31)20-7-4-3-5-8-20)29(40)36-12-6-9-26(36)28(39)33-16-21-14-22(30)10-11-25(21)37-18-32-17-34-37/h3-5,7-8,10-11,14,17-19,23-24,26H,6,9,12-13,15-16,31H2,1-2H3,(H,33,39)(H,35,38)/t23?,24-,26-/m0/s1. The third-order valence-corrected chi connectivity index (χ3v) is 7.21. The van der Waals surface area contributed by atoms with E-state index in [9.17, 15) is 14.4 Å². The van der Waals surface area contributed by atoms with E-state index in [2.05, 4.69) is 20.7 Å². The molecule has 3 atom stereocenters. The number of hydrogen-bond donors (Lipinski definition) is 3. The highest BCUT2D eigenvalue weighted by Gasteiger charge is 2.38. The molecule has 0 saturated carbocycles. The van der Waals surface area contributed by atoms with Gasteiger partial charge in [-0.05, 0) is 54.5 Å². The molecule has 2 heterocycles. The average Bonchev–Trinajstić information content (AvgIpc) is 3.64. The van der Waals surface area contributed by atoms with Crippen molar-refractivity contribution in [3.8, 4) is 5.69 Å². The summed E-state index contributed by atoms with van der Waals surface area (Å²) in [4.78, 5) is 45.5. The number of hydrogen-bond acceptors (Lipinski definition) is 6. The van der Waals surface area contributed by atoms with E-state index in [-0.39, 0.29) is 36.6 Å². The Morgan fingerprint density at radius 1 is 1.15 bits per heavy atom. The van der Waals surface area contributed by atoms with Crippen molar-refractivity contribution in [1.29, 1.82) is 0 Å². The normalized spacial score (nSPS) is 16.5. The van der Waals surface area contributed by atoms with Gasteiger partial charge in [0, 0.05) is 30.6 Å². The van der Waals surface area contributed by atoms with Gasteiger partial charge in [-0.2, -0.15) is 5.10 Å². The number of nitrogens with two attached hydrogens (primary N) is 1. The zero-order chi connectivity index (χ0) is 28.6. The first-order valence-corrected chi connectivity index (χ1v) is 13.9. The number of likely N-dealkylation sites (tertiary alicyclic amines) is 1. The summed E-state index contributed by atoms with van der Waals surface area (Å²) in [5.41, 5.74) is 8.60. The van der Waals surface area contributed by atoms with E-state index in [1.54, 1.807) is 28.0 Å².